The summed E-state index contributed by atoms with van der Waals surface area (Å²) in [7, 11) is 3.87. The van der Waals surface area contributed by atoms with Gasteiger partial charge in [0.05, 0.1) is 4.88 Å². The van der Waals surface area contributed by atoms with Crippen LogP contribution < -0.4 is 10.2 Å². The van der Waals surface area contributed by atoms with E-state index in [9.17, 15) is 9.59 Å². The SMILES string of the molecule is CN(C)c1ccc(NC(=O)c2ccc(C(=O)O)s2)cc1. The zero-order valence-electron chi connectivity index (χ0n) is 11.1. The lowest BCUT2D eigenvalue weighted by molar-refractivity contribution is 0.0702. The average Bonchev–Trinajstić information content (AvgIpc) is 2.89. The molecule has 2 rings (SSSR count). The van der Waals surface area contributed by atoms with E-state index in [1.165, 1.54) is 12.1 Å². The fraction of sp³-hybridized carbons (Fsp3) is 0.143. The van der Waals surface area contributed by atoms with Crippen molar-refractivity contribution in [3.8, 4) is 0 Å². The topological polar surface area (TPSA) is 69.6 Å². The first-order valence-electron chi connectivity index (χ1n) is 5.89. The molecule has 2 aromatic rings. The third-order valence-corrected chi connectivity index (χ3v) is 3.75. The number of carbonyl (C=O) groups is 2. The molecule has 0 unspecified atom stereocenters. The third kappa shape index (κ3) is 3.16. The van der Waals surface area contributed by atoms with E-state index in [1.54, 1.807) is 12.1 Å². The van der Waals surface area contributed by atoms with Crippen LogP contribution in [0.25, 0.3) is 0 Å². The van der Waals surface area contributed by atoms with Gasteiger partial charge in [-0.25, -0.2) is 4.79 Å². The minimum Gasteiger partial charge on any atom is -0.477 e. The molecule has 0 aliphatic rings. The molecule has 20 heavy (non-hydrogen) atoms. The number of amides is 1. The highest BCUT2D eigenvalue weighted by molar-refractivity contribution is 7.15. The predicted molar refractivity (Wildman–Crippen MR) is 80.0 cm³/mol. The zero-order chi connectivity index (χ0) is 14.7. The average molecular weight is 290 g/mol. The van der Waals surface area contributed by atoms with E-state index in [0.29, 0.717) is 10.6 Å². The van der Waals surface area contributed by atoms with Crippen molar-refractivity contribution in [2.45, 2.75) is 0 Å². The maximum atomic E-state index is 12.0. The fourth-order valence-electron chi connectivity index (χ4n) is 1.61. The van der Waals surface area contributed by atoms with E-state index in [4.69, 9.17) is 5.11 Å². The standard InChI is InChI=1S/C14H14N2O3S/c1-16(2)10-5-3-9(4-6-10)15-13(17)11-7-8-12(20-11)14(18)19/h3-8H,1-2H3,(H,15,17)(H,18,19). The van der Waals surface area contributed by atoms with Gasteiger partial charge in [0.1, 0.15) is 4.88 Å². The van der Waals surface area contributed by atoms with Crippen LogP contribution in [0.4, 0.5) is 11.4 Å². The number of thiophene rings is 1. The molecule has 0 aliphatic carbocycles. The van der Waals surface area contributed by atoms with Crippen molar-refractivity contribution in [3.05, 3.63) is 46.2 Å². The number of aromatic carboxylic acids is 1. The van der Waals surface area contributed by atoms with E-state index in [0.717, 1.165) is 17.0 Å². The van der Waals surface area contributed by atoms with Crippen LogP contribution in [0, 0.1) is 0 Å². The number of hydrogen-bond acceptors (Lipinski definition) is 4. The second-order valence-electron chi connectivity index (χ2n) is 4.36. The number of rotatable bonds is 4. The molecule has 2 N–H and O–H groups in total. The zero-order valence-corrected chi connectivity index (χ0v) is 11.9. The van der Waals surface area contributed by atoms with Gasteiger partial charge < -0.3 is 15.3 Å². The number of nitrogens with one attached hydrogen (secondary N) is 1. The Bertz CT molecular complexity index is 632. The smallest absolute Gasteiger partial charge is 0.345 e. The van der Waals surface area contributed by atoms with Crippen molar-refractivity contribution in [2.75, 3.05) is 24.3 Å². The van der Waals surface area contributed by atoms with E-state index in [1.807, 2.05) is 31.1 Å². The number of carboxylic acids is 1. The van der Waals surface area contributed by atoms with Crippen LogP contribution in [0.15, 0.2) is 36.4 Å². The number of nitrogens with zero attached hydrogens (tertiary/aromatic N) is 1. The molecule has 0 saturated carbocycles. The second kappa shape index (κ2) is 5.75. The summed E-state index contributed by atoms with van der Waals surface area (Å²) in [4.78, 5) is 25.2. The van der Waals surface area contributed by atoms with Crippen molar-refractivity contribution < 1.29 is 14.7 Å². The van der Waals surface area contributed by atoms with Crippen LogP contribution in [0.1, 0.15) is 19.3 Å². The molecule has 104 valence electrons. The number of carboxylic acid groups (broad SMARTS) is 1. The van der Waals surface area contributed by atoms with Gasteiger partial charge in [-0.15, -0.1) is 11.3 Å². The van der Waals surface area contributed by atoms with E-state index >= 15 is 0 Å². The molecule has 0 bridgehead atoms. The Balaban J connectivity index is 2.08. The summed E-state index contributed by atoms with van der Waals surface area (Å²) in [5.74, 6) is -1.33. The van der Waals surface area contributed by atoms with Gasteiger partial charge in [-0.2, -0.15) is 0 Å². The minimum absolute atomic E-state index is 0.151. The molecule has 1 heterocycles. The van der Waals surface area contributed by atoms with Gasteiger partial charge in [0.25, 0.3) is 5.91 Å². The molecular weight excluding hydrogens is 276 g/mol. The molecule has 0 radical (unpaired) electrons. The Hall–Kier alpha value is -2.34. The highest BCUT2D eigenvalue weighted by atomic mass is 32.1. The highest BCUT2D eigenvalue weighted by Crippen LogP contribution is 2.20. The molecule has 6 heteroatoms. The van der Waals surface area contributed by atoms with Crippen LogP contribution in [-0.2, 0) is 0 Å². The molecule has 0 saturated heterocycles. The molecule has 0 atom stereocenters. The first-order chi connectivity index (χ1) is 9.47. The lowest BCUT2D eigenvalue weighted by atomic mass is 10.2. The summed E-state index contributed by atoms with van der Waals surface area (Å²) in [5, 5.41) is 11.6. The maximum Gasteiger partial charge on any atom is 0.345 e. The number of carbonyl (C=O) groups excluding carboxylic acids is 1. The van der Waals surface area contributed by atoms with E-state index < -0.39 is 5.97 Å². The van der Waals surface area contributed by atoms with Gasteiger partial charge in [-0.3, -0.25) is 4.79 Å². The largest absolute Gasteiger partial charge is 0.477 e. The minimum atomic E-state index is -1.02. The second-order valence-corrected chi connectivity index (χ2v) is 5.45. The Labute approximate surface area is 120 Å². The van der Waals surface area contributed by atoms with Crippen LogP contribution in [0.3, 0.4) is 0 Å². The Morgan fingerprint density at radius 3 is 2.15 bits per heavy atom. The van der Waals surface area contributed by atoms with Gasteiger partial charge >= 0.3 is 5.97 Å². The fourth-order valence-corrected chi connectivity index (χ4v) is 2.35. The summed E-state index contributed by atoms with van der Waals surface area (Å²) in [5.41, 5.74) is 1.71. The molecule has 1 aromatic carbocycles. The van der Waals surface area contributed by atoms with Crippen molar-refractivity contribution in [3.63, 3.8) is 0 Å². The Morgan fingerprint density at radius 1 is 1.05 bits per heavy atom. The number of anilines is 2. The molecular formula is C14H14N2O3S. The molecule has 0 aliphatic heterocycles. The first kappa shape index (κ1) is 14.1. The Kier molecular flexibility index (Phi) is 4.05. The summed E-state index contributed by atoms with van der Waals surface area (Å²) < 4.78 is 0. The van der Waals surface area contributed by atoms with Crippen molar-refractivity contribution in [1.82, 2.24) is 0 Å². The molecule has 1 aromatic heterocycles. The monoisotopic (exact) mass is 290 g/mol. The summed E-state index contributed by atoms with van der Waals surface area (Å²) in [6.07, 6.45) is 0. The number of hydrogen-bond donors (Lipinski definition) is 2. The van der Waals surface area contributed by atoms with Crippen LogP contribution in [0.5, 0.6) is 0 Å². The van der Waals surface area contributed by atoms with Crippen molar-refractivity contribution >= 4 is 34.6 Å². The molecule has 5 nitrogen and oxygen atoms in total. The van der Waals surface area contributed by atoms with Gasteiger partial charge in [0.2, 0.25) is 0 Å². The third-order valence-electron chi connectivity index (χ3n) is 2.68. The quantitative estimate of drug-likeness (QED) is 0.908. The first-order valence-corrected chi connectivity index (χ1v) is 6.71. The molecule has 0 fully saturated rings. The van der Waals surface area contributed by atoms with E-state index in [-0.39, 0.29) is 10.8 Å². The van der Waals surface area contributed by atoms with Crippen LogP contribution in [-0.4, -0.2) is 31.1 Å². The van der Waals surface area contributed by atoms with Gasteiger partial charge in [0.15, 0.2) is 0 Å². The highest BCUT2D eigenvalue weighted by Gasteiger charge is 2.13. The predicted octanol–water partition coefficient (Wildman–Crippen LogP) is 2.76. The van der Waals surface area contributed by atoms with Crippen molar-refractivity contribution in [2.24, 2.45) is 0 Å². The van der Waals surface area contributed by atoms with Crippen molar-refractivity contribution in [1.29, 1.82) is 0 Å². The van der Waals surface area contributed by atoms with Crippen LogP contribution >= 0.6 is 11.3 Å². The lowest BCUT2D eigenvalue weighted by Crippen LogP contribution is -2.11. The maximum absolute atomic E-state index is 12.0. The van der Waals surface area contributed by atoms with Gasteiger partial charge in [0, 0.05) is 25.5 Å². The van der Waals surface area contributed by atoms with Crippen LogP contribution in [0.2, 0.25) is 0 Å². The lowest BCUT2D eigenvalue weighted by Gasteiger charge is -2.12. The van der Waals surface area contributed by atoms with E-state index in [2.05, 4.69) is 5.32 Å². The van der Waals surface area contributed by atoms with Gasteiger partial charge in [-0.1, -0.05) is 0 Å². The normalized spacial score (nSPS) is 10.1. The summed E-state index contributed by atoms with van der Waals surface area (Å²) in [6.45, 7) is 0. The van der Waals surface area contributed by atoms with Gasteiger partial charge in [-0.05, 0) is 36.4 Å². The number of benzene rings is 1. The summed E-state index contributed by atoms with van der Waals surface area (Å²) in [6, 6.07) is 10.3. The molecule has 0 spiro atoms. The molecule has 1 amide bonds. The summed E-state index contributed by atoms with van der Waals surface area (Å²) >= 11 is 0.957. The Morgan fingerprint density at radius 2 is 1.65 bits per heavy atom.